The molecular weight excluding hydrogens is 376 g/mol. The van der Waals surface area contributed by atoms with E-state index < -0.39 is 0 Å². The lowest BCUT2D eigenvalue weighted by molar-refractivity contribution is 0.0728. The molecule has 0 saturated carbocycles. The molecule has 152 valence electrons. The molecule has 0 fully saturated rings. The molecule has 9 heteroatoms. The largest absolute Gasteiger partial charge is 0.396 e. The van der Waals surface area contributed by atoms with Crippen molar-refractivity contribution in [3.8, 4) is 0 Å². The lowest BCUT2D eigenvalue weighted by Gasteiger charge is -2.30. The third-order valence-corrected chi connectivity index (χ3v) is 5.70. The Kier molecular flexibility index (Phi) is 6.79. The zero-order valence-corrected chi connectivity index (χ0v) is 17.3. The lowest BCUT2D eigenvalue weighted by atomic mass is 10.0. The monoisotopic (exact) mass is 404 g/mol. The SMILES string of the molecule is CCCCC(CCO)Nc1nc(N)nc2c1CN(C(=O)c1csc(C)n1)CC2. The van der Waals surface area contributed by atoms with Crippen LogP contribution < -0.4 is 11.1 Å². The maximum atomic E-state index is 12.8. The minimum atomic E-state index is -0.0735. The van der Waals surface area contributed by atoms with E-state index in [2.05, 4.69) is 27.2 Å². The topological polar surface area (TPSA) is 117 Å². The molecule has 2 aromatic heterocycles. The van der Waals surface area contributed by atoms with Crippen molar-refractivity contribution in [3.05, 3.63) is 27.3 Å². The first-order valence-electron chi connectivity index (χ1n) is 9.75. The van der Waals surface area contributed by atoms with Crippen LogP contribution in [0, 0.1) is 6.92 Å². The van der Waals surface area contributed by atoms with Gasteiger partial charge in [0.15, 0.2) is 0 Å². The number of rotatable bonds is 8. The van der Waals surface area contributed by atoms with E-state index in [-0.39, 0.29) is 24.5 Å². The van der Waals surface area contributed by atoms with Gasteiger partial charge in [-0.3, -0.25) is 4.79 Å². The van der Waals surface area contributed by atoms with E-state index in [1.807, 2.05) is 6.92 Å². The number of aliphatic hydroxyl groups is 1. The van der Waals surface area contributed by atoms with Gasteiger partial charge in [-0.15, -0.1) is 11.3 Å². The maximum absolute atomic E-state index is 12.8. The zero-order valence-electron chi connectivity index (χ0n) is 16.4. The van der Waals surface area contributed by atoms with E-state index in [1.54, 1.807) is 10.3 Å². The van der Waals surface area contributed by atoms with E-state index >= 15 is 0 Å². The van der Waals surface area contributed by atoms with Crippen molar-refractivity contribution < 1.29 is 9.90 Å². The average molecular weight is 405 g/mol. The molecule has 2 aromatic rings. The van der Waals surface area contributed by atoms with Crippen molar-refractivity contribution in [2.75, 3.05) is 24.2 Å². The van der Waals surface area contributed by atoms with E-state index in [4.69, 9.17) is 5.73 Å². The van der Waals surface area contributed by atoms with E-state index in [1.165, 1.54) is 11.3 Å². The Morgan fingerprint density at radius 2 is 2.21 bits per heavy atom. The Bertz CT molecular complexity index is 825. The van der Waals surface area contributed by atoms with Crippen molar-refractivity contribution in [3.63, 3.8) is 0 Å². The highest BCUT2D eigenvalue weighted by Crippen LogP contribution is 2.27. The normalized spacial score (nSPS) is 14.6. The molecule has 1 atom stereocenters. The van der Waals surface area contributed by atoms with Gasteiger partial charge in [0.25, 0.3) is 5.91 Å². The van der Waals surface area contributed by atoms with Gasteiger partial charge in [0.1, 0.15) is 11.5 Å². The highest BCUT2D eigenvalue weighted by atomic mass is 32.1. The number of unbranched alkanes of at least 4 members (excludes halogenated alkanes) is 1. The number of aromatic nitrogens is 3. The van der Waals surface area contributed by atoms with Crippen molar-refractivity contribution in [1.82, 2.24) is 19.9 Å². The number of thiazole rings is 1. The fraction of sp³-hybridized carbons (Fsp3) is 0.579. The Hall–Kier alpha value is -2.26. The van der Waals surface area contributed by atoms with Crippen molar-refractivity contribution in [2.45, 2.75) is 58.5 Å². The highest BCUT2D eigenvalue weighted by molar-refractivity contribution is 7.09. The van der Waals surface area contributed by atoms with Crippen LogP contribution in [0.5, 0.6) is 0 Å². The number of aryl methyl sites for hydroxylation is 1. The molecule has 8 nitrogen and oxygen atoms in total. The number of aliphatic hydroxyl groups excluding tert-OH is 1. The van der Waals surface area contributed by atoms with Crippen molar-refractivity contribution in [2.24, 2.45) is 0 Å². The minimum absolute atomic E-state index is 0.0735. The van der Waals surface area contributed by atoms with E-state index in [9.17, 15) is 9.90 Å². The molecule has 1 aliphatic rings. The number of nitrogens with two attached hydrogens (primary N) is 1. The van der Waals surface area contributed by atoms with Crippen molar-refractivity contribution >= 4 is 29.0 Å². The van der Waals surface area contributed by atoms with Gasteiger partial charge in [0.05, 0.1) is 17.2 Å². The summed E-state index contributed by atoms with van der Waals surface area (Å²) in [6, 6.07) is 0.107. The lowest BCUT2D eigenvalue weighted by Crippen LogP contribution is -2.37. The fourth-order valence-electron chi connectivity index (χ4n) is 3.44. The smallest absolute Gasteiger partial charge is 0.273 e. The quantitative estimate of drug-likeness (QED) is 0.618. The van der Waals surface area contributed by atoms with Gasteiger partial charge in [0, 0.05) is 36.6 Å². The summed E-state index contributed by atoms with van der Waals surface area (Å²) in [5.41, 5.74) is 8.19. The number of carbonyl (C=O) groups is 1. The Balaban J connectivity index is 1.82. The molecule has 1 unspecified atom stereocenters. The first-order valence-corrected chi connectivity index (χ1v) is 10.6. The van der Waals surface area contributed by atoms with Crippen LogP contribution in [0.15, 0.2) is 5.38 Å². The standard InChI is InChI=1S/C19H28N6O2S/c1-3-4-5-13(7-9-26)22-17-14-10-25(8-6-15(14)23-19(20)24-17)18(27)16-11-28-12(2)21-16/h11,13,26H,3-10H2,1-2H3,(H3,20,22,23,24). The van der Waals surface area contributed by atoms with Gasteiger partial charge >= 0.3 is 0 Å². The Labute approximate surface area is 169 Å². The second-order valence-electron chi connectivity index (χ2n) is 7.08. The van der Waals surface area contributed by atoms with Crippen LogP contribution in [-0.4, -0.2) is 50.1 Å². The van der Waals surface area contributed by atoms with E-state index in [0.717, 1.165) is 35.5 Å². The number of nitrogen functional groups attached to an aromatic ring is 1. The summed E-state index contributed by atoms with van der Waals surface area (Å²) < 4.78 is 0. The average Bonchev–Trinajstić information content (AvgIpc) is 3.11. The van der Waals surface area contributed by atoms with Gasteiger partial charge in [-0.05, 0) is 19.8 Å². The molecule has 1 amide bonds. The molecule has 0 saturated heterocycles. The van der Waals surface area contributed by atoms with Crippen LogP contribution in [0.4, 0.5) is 11.8 Å². The van der Waals surface area contributed by atoms with Crippen LogP contribution in [0.2, 0.25) is 0 Å². The van der Waals surface area contributed by atoms with Crippen LogP contribution in [0.25, 0.3) is 0 Å². The molecule has 0 aromatic carbocycles. The first kappa shape index (κ1) is 20.5. The summed E-state index contributed by atoms with van der Waals surface area (Å²) in [4.78, 5) is 27.7. The number of fused-ring (bicyclic) bond motifs is 1. The molecule has 4 N–H and O–H groups in total. The summed E-state index contributed by atoms with van der Waals surface area (Å²) in [7, 11) is 0. The predicted octanol–water partition coefficient (Wildman–Crippen LogP) is 2.38. The number of anilines is 2. The second-order valence-corrected chi connectivity index (χ2v) is 8.14. The van der Waals surface area contributed by atoms with Crippen LogP contribution in [0.3, 0.4) is 0 Å². The Morgan fingerprint density at radius 1 is 1.39 bits per heavy atom. The van der Waals surface area contributed by atoms with E-state index in [0.29, 0.717) is 37.4 Å². The molecule has 3 rings (SSSR count). The van der Waals surface area contributed by atoms with Crippen LogP contribution in [-0.2, 0) is 13.0 Å². The number of carbonyl (C=O) groups excluding carboxylic acids is 1. The predicted molar refractivity (Wildman–Crippen MR) is 110 cm³/mol. The summed E-state index contributed by atoms with van der Waals surface area (Å²) in [6.07, 6.45) is 4.36. The first-order chi connectivity index (χ1) is 13.5. The number of nitrogens with one attached hydrogen (secondary N) is 1. The number of amides is 1. The summed E-state index contributed by atoms with van der Waals surface area (Å²) >= 11 is 1.47. The van der Waals surface area contributed by atoms with Crippen LogP contribution in [0.1, 0.15) is 59.4 Å². The fourth-order valence-corrected chi connectivity index (χ4v) is 4.02. The third-order valence-electron chi connectivity index (χ3n) is 4.93. The molecular formula is C19H28N6O2S. The second kappa shape index (κ2) is 9.29. The van der Waals surface area contributed by atoms with Gasteiger partial charge in [-0.1, -0.05) is 19.8 Å². The van der Waals surface area contributed by atoms with Gasteiger partial charge in [0.2, 0.25) is 5.95 Å². The summed E-state index contributed by atoms with van der Waals surface area (Å²) in [5, 5.41) is 15.5. The molecule has 0 spiro atoms. The van der Waals surface area contributed by atoms with Crippen molar-refractivity contribution in [1.29, 1.82) is 0 Å². The Morgan fingerprint density at radius 3 is 2.89 bits per heavy atom. The molecule has 1 aliphatic heterocycles. The maximum Gasteiger partial charge on any atom is 0.273 e. The summed E-state index contributed by atoms with van der Waals surface area (Å²) in [6.45, 7) is 5.15. The zero-order chi connectivity index (χ0) is 20.1. The molecule has 0 aliphatic carbocycles. The van der Waals surface area contributed by atoms with Crippen LogP contribution >= 0.6 is 11.3 Å². The number of nitrogens with zero attached hydrogens (tertiary/aromatic N) is 4. The minimum Gasteiger partial charge on any atom is -0.396 e. The van der Waals surface area contributed by atoms with Gasteiger partial charge < -0.3 is 21.1 Å². The molecule has 3 heterocycles. The molecule has 0 bridgehead atoms. The highest BCUT2D eigenvalue weighted by Gasteiger charge is 2.27. The third kappa shape index (κ3) is 4.77. The van der Waals surface area contributed by atoms with Gasteiger partial charge in [-0.2, -0.15) is 4.98 Å². The molecule has 0 radical (unpaired) electrons. The van der Waals surface area contributed by atoms with Gasteiger partial charge in [-0.25, -0.2) is 9.97 Å². The molecule has 28 heavy (non-hydrogen) atoms. The number of hydrogen-bond acceptors (Lipinski definition) is 8. The number of hydrogen-bond donors (Lipinski definition) is 3. The summed E-state index contributed by atoms with van der Waals surface area (Å²) in [5.74, 6) is 0.828.